The molecule has 3 heterocycles. The van der Waals surface area contributed by atoms with Crippen molar-refractivity contribution in [1.82, 2.24) is 10.2 Å². The van der Waals surface area contributed by atoms with Gasteiger partial charge in [0.25, 0.3) is 0 Å². The maximum Gasteiger partial charge on any atom is 0.246 e. The number of nitrogens with one attached hydrogen (secondary N) is 2. The standard InChI is InChI=1S/C31H33Cl2N3O4/c1-18(19-9-5-3-6-10-19)36-26(28(38)34-20-11-7-4-8-12-20)31-16-15-30(2,40-31)24(25(31)29(36)39)27(37)35-21-13-14-22(32)23(33)17-21/h3,5-6,9-10,13-18,20,24-26H,4,7-8,11-12H2,1-2H3,(H,34,38)(H,35,37)/t18-,24+,25+,26+,30+,31+/m1/s1. The highest BCUT2D eigenvalue weighted by molar-refractivity contribution is 6.42. The lowest BCUT2D eigenvalue weighted by atomic mass is 9.70. The van der Waals surface area contributed by atoms with Crippen LogP contribution in [0.3, 0.4) is 0 Å². The van der Waals surface area contributed by atoms with Gasteiger partial charge in [-0.05, 0) is 50.5 Å². The number of likely N-dealkylation sites (tertiary alicyclic amines) is 1. The van der Waals surface area contributed by atoms with E-state index in [-0.39, 0.29) is 23.8 Å². The lowest BCUT2D eigenvalue weighted by molar-refractivity contribution is -0.146. The van der Waals surface area contributed by atoms with E-state index in [9.17, 15) is 14.4 Å². The van der Waals surface area contributed by atoms with E-state index in [2.05, 4.69) is 10.6 Å². The van der Waals surface area contributed by atoms with Gasteiger partial charge in [-0.3, -0.25) is 14.4 Å². The Morgan fingerprint density at radius 2 is 1.73 bits per heavy atom. The molecule has 6 atom stereocenters. The molecule has 1 aliphatic carbocycles. The Balaban J connectivity index is 1.38. The van der Waals surface area contributed by atoms with Crippen molar-refractivity contribution in [3.05, 3.63) is 76.3 Å². The van der Waals surface area contributed by atoms with Gasteiger partial charge < -0.3 is 20.3 Å². The first-order chi connectivity index (χ1) is 19.1. The van der Waals surface area contributed by atoms with Crippen LogP contribution in [0, 0.1) is 11.8 Å². The average Bonchev–Trinajstić information content (AvgIpc) is 3.52. The van der Waals surface area contributed by atoms with E-state index in [1.807, 2.05) is 56.3 Å². The topological polar surface area (TPSA) is 87.7 Å². The molecule has 9 heteroatoms. The first-order valence-electron chi connectivity index (χ1n) is 14.0. The highest BCUT2D eigenvalue weighted by atomic mass is 35.5. The van der Waals surface area contributed by atoms with E-state index < -0.39 is 35.1 Å². The van der Waals surface area contributed by atoms with Gasteiger partial charge in [0.2, 0.25) is 17.7 Å². The number of hydrogen-bond acceptors (Lipinski definition) is 4. The van der Waals surface area contributed by atoms with Gasteiger partial charge in [0, 0.05) is 11.7 Å². The molecule has 0 radical (unpaired) electrons. The third-order valence-electron chi connectivity index (χ3n) is 9.10. The molecule has 2 saturated heterocycles. The molecule has 2 aromatic rings. The van der Waals surface area contributed by atoms with Crippen LogP contribution in [0.15, 0.2) is 60.7 Å². The summed E-state index contributed by atoms with van der Waals surface area (Å²) in [5, 5.41) is 6.84. The number of fused-ring (bicyclic) bond motifs is 1. The number of halogens is 2. The molecule has 0 unspecified atom stereocenters. The Kier molecular flexibility index (Phi) is 6.96. The van der Waals surface area contributed by atoms with E-state index in [4.69, 9.17) is 27.9 Å². The van der Waals surface area contributed by atoms with Crippen molar-refractivity contribution in [2.45, 2.75) is 75.3 Å². The molecule has 4 aliphatic rings. The molecule has 7 nitrogen and oxygen atoms in total. The van der Waals surface area contributed by atoms with Gasteiger partial charge in [0.05, 0.1) is 33.5 Å². The number of nitrogens with zero attached hydrogens (tertiary/aromatic N) is 1. The Labute approximate surface area is 244 Å². The summed E-state index contributed by atoms with van der Waals surface area (Å²) in [7, 11) is 0. The zero-order valence-corrected chi connectivity index (χ0v) is 24.0. The maximum atomic E-state index is 14.4. The molecule has 2 aromatic carbocycles. The predicted octanol–water partition coefficient (Wildman–Crippen LogP) is 5.68. The summed E-state index contributed by atoms with van der Waals surface area (Å²) in [6.45, 7) is 3.73. The van der Waals surface area contributed by atoms with Crippen LogP contribution in [0.2, 0.25) is 10.0 Å². The third kappa shape index (κ3) is 4.34. The largest absolute Gasteiger partial charge is 0.356 e. The number of carbonyl (C=O) groups excluding carboxylic acids is 3. The normalized spacial score (nSPS) is 31.8. The zero-order valence-electron chi connectivity index (χ0n) is 22.5. The van der Waals surface area contributed by atoms with Crippen LogP contribution in [0.5, 0.6) is 0 Å². The lowest BCUT2D eigenvalue weighted by Crippen LogP contribution is -2.57. The van der Waals surface area contributed by atoms with E-state index in [0.717, 1.165) is 37.7 Å². The number of ether oxygens (including phenoxy) is 1. The summed E-state index contributed by atoms with van der Waals surface area (Å²) >= 11 is 12.2. The van der Waals surface area contributed by atoms with Gasteiger partial charge >= 0.3 is 0 Å². The molecular formula is C31H33Cl2N3O4. The first kappa shape index (κ1) is 27.3. The molecule has 210 valence electrons. The van der Waals surface area contributed by atoms with Crippen LogP contribution >= 0.6 is 23.2 Å². The number of anilines is 1. The molecule has 2 N–H and O–H groups in total. The second kappa shape index (κ2) is 10.2. The van der Waals surface area contributed by atoms with Gasteiger partial charge in [0.1, 0.15) is 11.6 Å². The van der Waals surface area contributed by atoms with Crippen LogP contribution < -0.4 is 10.6 Å². The van der Waals surface area contributed by atoms with Crippen LogP contribution in [0.1, 0.15) is 57.6 Å². The van der Waals surface area contributed by atoms with E-state index in [0.29, 0.717) is 15.7 Å². The Hall–Kier alpha value is -2.87. The van der Waals surface area contributed by atoms with Crippen molar-refractivity contribution in [3.63, 3.8) is 0 Å². The van der Waals surface area contributed by atoms with E-state index in [1.54, 1.807) is 23.1 Å². The number of rotatable bonds is 6. The van der Waals surface area contributed by atoms with Gasteiger partial charge in [-0.15, -0.1) is 0 Å². The quantitative estimate of drug-likeness (QED) is 0.429. The minimum absolute atomic E-state index is 0.0626. The smallest absolute Gasteiger partial charge is 0.246 e. The Morgan fingerprint density at radius 1 is 1.00 bits per heavy atom. The van der Waals surface area contributed by atoms with E-state index in [1.165, 1.54) is 0 Å². The maximum absolute atomic E-state index is 14.4. The molecule has 1 saturated carbocycles. The predicted molar refractivity (Wildman–Crippen MR) is 154 cm³/mol. The number of amides is 3. The summed E-state index contributed by atoms with van der Waals surface area (Å²) in [6, 6.07) is 13.2. The van der Waals surface area contributed by atoms with Gasteiger partial charge in [-0.1, -0.05) is 84.9 Å². The van der Waals surface area contributed by atoms with Crippen molar-refractivity contribution in [2.24, 2.45) is 11.8 Å². The summed E-state index contributed by atoms with van der Waals surface area (Å²) in [5.74, 6) is -2.57. The Bertz CT molecular complexity index is 1380. The summed E-state index contributed by atoms with van der Waals surface area (Å²) in [4.78, 5) is 44.0. The van der Waals surface area contributed by atoms with Crippen LogP contribution in [-0.2, 0) is 19.1 Å². The monoisotopic (exact) mass is 581 g/mol. The fraction of sp³-hybridized carbons (Fsp3) is 0.452. The summed E-state index contributed by atoms with van der Waals surface area (Å²) in [5.41, 5.74) is -0.932. The van der Waals surface area contributed by atoms with Crippen molar-refractivity contribution in [1.29, 1.82) is 0 Å². The van der Waals surface area contributed by atoms with Crippen LogP contribution in [-0.4, -0.2) is 45.9 Å². The molecule has 6 rings (SSSR count). The lowest BCUT2D eigenvalue weighted by Gasteiger charge is -2.37. The van der Waals surface area contributed by atoms with E-state index >= 15 is 0 Å². The van der Waals surface area contributed by atoms with Gasteiger partial charge in [0.15, 0.2) is 0 Å². The summed E-state index contributed by atoms with van der Waals surface area (Å²) in [6.07, 6.45) is 8.82. The molecule has 3 fully saturated rings. The van der Waals surface area contributed by atoms with Crippen molar-refractivity contribution in [2.75, 3.05) is 5.32 Å². The van der Waals surface area contributed by atoms with Gasteiger partial charge in [-0.2, -0.15) is 0 Å². The second-order valence-corrected chi connectivity index (χ2v) is 12.4. The minimum Gasteiger partial charge on any atom is -0.356 e. The average molecular weight is 583 g/mol. The van der Waals surface area contributed by atoms with Gasteiger partial charge in [-0.25, -0.2) is 0 Å². The second-order valence-electron chi connectivity index (χ2n) is 11.6. The summed E-state index contributed by atoms with van der Waals surface area (Å²) < 4.78 is 6.65. The fourth-order valence-electron chi connectivity index (χ4n) is 7.20. The van der Waals surface area contributed by atoms with Crippen molar-refractivity contribution in [3.8, 4) is 0 Å². The highest BCUT2D eigenvalue weighted by Crippen LogP contribution is 2.61. The Morgan fingerprint density at radius 3 is 2.42 bits per heavy atom. The SMILES string of the molecule is C[C@H](c1ccccc1)N1C(=O)[C@@H]2[C@@H](C(=O)Nc3ccc(Cl)c(Cl)c3)[C@]3(C)C=C[C@@]2(O3)[C@@H]1C(=O)NC1CCCCC1. The fourth-order valence-corrected chi connectivity index (χ4v) is 7.50. The zero-order chi connectivity index (χ0) is 28.2. The molecular weight excluding hydrogens is 549 g/mol. The highest BCUT2D eigenvalue weighted by Gasteiger charge is 2.76. The van der Waals surface area contributed by atoms with Crippen molar-refractivity contribution >= 4 is 46.6 Å². The molecule has 2 bridgehead atoms. The number of hydrogen-bond donors (Lipinski definition) is 2. The molecule has 3 amide bonds. The van der Waals surface area contributed by atoms with Crippen LogP contribution in [0.4, 0.5) is 5.69 Å². The molecule has 40 heavy (non-hydrogen) atoms. The molecule has 0 aromatic heterocycles. The van der Waals surface area contributed by atoms with Crippen molar-refractivity contribution < 1.29 is 19.1 Å². The minimum atomic E-state index is -1.26. The molecule has 3 aliphatic heterocycles. The third-order valence-corrected chi connectivity index (χ3v) is 9.84. The number of carbonyl (C=O) groups is 3. The number of benzene rings is 2. The first-order valence-corrected chi connectivity index (χ1v) is 14.7. The van der Waals surface area contributed by atoms with Crippen LogP contribution in [0.25, 0.3) is 0 Å². The molecule has 1 spiro atoms.